The molecule has 0 radical (unpaired) electrons. The van der Waals surface area contributed by atoms with Crippen molar-refractivity contribution >= 4 is 16.0 Å². The van der Waals surface area contributed by atoms with Crippen LogP contribution < -0.4 is 15.4 Å². The molecule has 1 aromatic rings. The Morgan fingerprint density at radius 2 is 1.90 bits per heavy atom. The normalized spacial score (nSPS) is 21.7. The zero-order valence-electron chi connectivity index (χ0n) is 18.2. The van der Waals surface area contributed by atoms with Crippen LogP contribution in [0.1, 0.15) is 57.4 Å². The summed E-state index contributed by atoms with van der Waals surface area (Å²) in [4.78, 5) is 4.60. The molecule has 0 bridgehead atoms. The number of sulfonamides is 1. The van der Waals surface area contributed by atoms with Gasteiger partial charge in [-0.3, -0.25) is 4.99 Å². The SMILES string of the molecule is CCC1(CNC(=NC)NCc2ccc(S(=O)(=O)NCC3CCCO3)cc2)CCCC1. The van der Waals surface area contributed by atoms with Crippen molar-refractivity contribution < 1.29 is 13.2 Å². The minimum Gasteiger partial charge on any atom is -0.377 e. The molecule has 8 heteroatoms. The largest absolute Gasteiger partial charge is 0.377 e. The summed E-state index contributed by atoms with van der Waals surface area (Å²) < 4.78 is 33.1. The highest BCUT2D eigenvalue weighted by Crippen LogP contribution is 2.40. The topological polar surface area (TPSA) is 91.8 Å². The minimum atomic E-state index is -3.51. The van der Waals surface area contributed by atoms with Gasteiger partial charge in [-0.15, -0.1) is 0 Å². The molecule has 0 amide bonds. The Labute approximate surface area is 181 Å². The van der Waals surface area contributed by atoms with Crippen molar-refractivity contribution in [2.75, 3.05) is 26.7 Å². The van der Waals surface area contributed by atoms with E-state index in [1.54, 1.807) is 19.2 Å². The lowest BCUT2D eigenvalue weighted by Gasteiger charge is -2.28. The molecule has 1 atom stereocenters. The average Bonchev–Trinajstić information content (AvgIpc) is 3.45. The monoisotopic (exact) mass is 436 g/mol. The third-order valence-corrected chi connectivity index (χ3v) is 7.93. The van der Waals surface area contributed by atoms with Crippen LogP contribution in [-0.2, 0) is 21.3 Å². The molecule has 3 N–H and O–H groups in total. The molecule has 168 valence electrons. The lowest BCUT2D eigenvalue weighted by Crippen LogP contribution is -2.42. The highest BCUT2D eigenvalue weighted by atomic mass is 32.2. The first kappa shape index (κ1) is 23.0. The number of aliphatic imine (C=N–C) groups is 1. The maximum atomic E-state index is 12.5. The summed E-state index contributed by atoms with van der Waals surface area (Å²) in [5, 5.41) is 6.80. The predicted octanol–water partition coefficient (Wildman–Crippen LogP) is 2.78. The molecule has 1 heterocycles. The highest BCUT2D eigenvalue weighted by Gasteiger charge is 2.31. The molecule has 7 nitrogen and oxygen atoms in total. The van der Waals surface area contributed by atoms with Crippen LogP contribution in [0.25, 0.3) is 0 Å². The minimum absolute atomic E-state index is 0.0152. The molecular formula is C22H36N4O3S. The number of nitrogens with one attached hydrogen (secondary N) is 3. The van der Waals surface area contributed by atoms with E-state index in [1.807, 2.05) is 12.1 Å². The van der Waals surface area contributed by atoms with Crippen LogP contribution in [-0.4, -0.2) is 47.2 Å². The van der Waals surface area contributed by atoms with Gasteiger partial charge in [-0.2, -0.15) is 0 Å². The first-order valence-electron chi connectivity index (χ1n) is 11.1. The van der Waals surface area contributed by atoms with E-state index in [2.05, 4.69) is 27.3 Å². The summed E-state index contributed by atoms with van der Waals surface area (Å²) in [6.07, 6.45) is 8.27. The van der Waals surface area contributed by atoms with Gasteiger partial charge in [-0.25, -0.2) is 13.1 Å². The number of hydrogen-bond donors (Lipinski definition) is 3. The van der Waals surface area contributed by atoms with Crippen molar-refractivity contribution in [1.82, 2.24) is 15.4 Å². The van der Waals surface area contributed by atoms with Gasteiger partial charge in [0, 0.05) is 33.3 Å². The van der Waals surface area contributed by atoms with Crippen molar-refractivity contribution in [2.45, 2.75) is 69.4 Å². The Hall–Kier alpha value is -1.64. The highest BCUT2D eigenvalue weighted by molar-refractivity contribution is 7.89. The van der Waals surface area contributed by atoms with Gasteiger partial charge in [0.15, 0.2) is 5.96 Å². The average molecular weight is 437 g/mol. The van der Waals surface area contributed by atoms with Gasteiger partial charge in [0.25, 0.3) is 0 Å². The fourth-order valence-corrected chi connectivity index (χ4v) is 5.40. The molecule has 0 aromatic heterocycles. The quantitative estimate of drug-likeness (QED) is 0.409. The van der Waals surface area contributed by atoms with Crippen LogP contribution in [0.4, 0.5) is 0 Å². The molecule has 2 fully saturated rings. The molecule has 1 aliphatic heterocycles. The van der Waals surface area contributed by atoms with Crippen LogP contribution in [0.15, 0.2) is 34.2 Å². The van der Waals surface area contributed by atoms with E-state index >= 15 is 0 Å². The molecule has 1 aliphatic carbocycles. The lowest BCUT2D eigenvalue weighted by molar-refractivity contribution is 0.114. The molecular weight excluding hydrogens is 400 g/mol. The van der Waals surface area contributed by atoms with Gasteiger partial charge in [0.2, 0.25) is 10.0 Å². The van der Waals surface area contributed by atoms with Gasteiger partial charge in [0.1, 0.15) is 0 Å². The summed E-state index contributed by atoms with van der Waals surface area (Å²) >= 11 is 0. The van der Waals surface area contributed by atoms with Gasteiger partial charge >= 0.3 is 0 Å². The van der Waals surface area contributed by atoms with Gasteiger partial charge < -0.3 is 15.4 Å². The predicted molar refractivity (Wildman–Crippen MR) is 120 cm³/mol. The van der Waals surface area contributed by atoms with Crippen molar-refractivity contribution in [2.24, 2.45) is 10.4 Å². The molecule has 1 saturated heterocycles. The van der Waals surface area contributed by atoms with Gasteiger partial charge in [-0.05, 0) is 55.2 Å². The Kier molecular flexibility index (Phi) is 8.13. The number of rotatable bonds is 9. The second-order valence-corrected chi connectivity index (χ2v) is 10.2. The van der Waals surface area contributed by atoms with Crippen LogP contribution in [0, 0.1) is 5.41 Å². The number of guanidine groups is 1. The summed E-state index contributed by atoms with van der Waals surface area (Å²) in [5.41, 5.74) is 1.39. The van der Waals surface area contributed by atoms with Crippen LogP contribution in [0.3, 0.4) is 0 Å². The van der Waals surface area contributed by atoms with Gasteiger partial charge in [-0.1, -0.05) is 31.9 Å². The van der Waals surface area contributed by atoms with Crippen molar-refractivity contribution in [3.8, 4) is 0 Å². The van der Waals surface area contributed by atoms with Crippen molar-refractivity contribution in [3.63, 3.8) is 0 Å². The molecule has 2 aliphatic rings. The number of ether oxygens (including phenoxy) is 1. The number of hydrogen-bond acceptors (Lipinski definition) is 4. The Balaban J connectivity index is 1.48. The summed E-state index contributed by atoms with van der Waals surface area (Å²) in [6.45, 7) is 4.84. The van der Waals surface area contributed by atoms with Crippen LogP contribution in [0.5, 0.6) is 0 Å². The third kappa shape index (κ3) is 6.18. The van der Waals surface area contributed by atoms with Crippen LogP contribution >= 0.6 is 0 Å². The van der Waals surface area contributed by atoms with E-state index in [0.717, 1.165) is 30.9 Å². The van der Waals surface area contributed by atoms with Crippen LogP contribution in [0.2, 0.25) is 0 Å². The zero-order chi connectivity index (χ0) is 21.5. The Morgan fingerprint density at radius 1 is 1.17 bits per heavy atom. The molecule has 1 aromatic carbocycles. The molecule has 1 saturated carbocycles. The fraction of sp³-hybridized carbons (Fsp3) is 0.682. The summed E-state index contributed by atoms with van der Waals surface area (Å²) in [5.74, 6) is 0.782. The fourth-order valence-electron chi connectivity index (χ4n) is 4.34. The smallest absolute Gasteiger partial charge is 0.240 e. The Bertz CT molecular complexity index is 796. The second kappa shape index (κ2) is 10.6. The van der Waals surface area contributed by atoms with E-state index in [4.69, 9.17) is 4.74 Å². The molecule has 3 rings (SSSR count). The first-order chi connectivity index (χ1) is 14.5. The summed E-state index contributed by atoms with van der Waals surface area (Å²) in [6, 6.07) is 6.97. The van der Waals surface area contributed by atoms with Crippen molar-refractivity contribution in [3.05, 3.63) is 29.8 Å². The van der Waals surface area contributed by atoms with E-state index in [9.17, 15) is 8.42 Å². The Morgan fingerprint density at radius 3 is 2.50 bits per heavy atom. The molecule has 0 spiro atoms. The summed E-state index contributed by atoms with van der Waals surface area (Å²) in [7, 11) is -1.74. The van der Waals surface area contributed by atoms with E-state index in [-0.39, 0.29) is 11.0 Å². The number of benzene rings is 1. The van der Waals surface area contributed by atoms with E-state index < -0.39 is 10.0 Å². The van der Waals surface area contributed by atoms with Crippen molar-refractivity contribution in [1.29, 1.82) is 0 Å². The molecule has 30 heavy (non-hydrogen) atoms. The second-order valence-electron chi connectivity index (χ2n) is 8.47. The lowest BCUT2D eigenvalue weighted by atomic mass is 9.83. The standard InChI is InChI=1S/C22H36N4O3S/c1-3-22(12-4-5-13-22)17-25-21(23-2)24-15-18-8-10-20(11-9-18)30(27,28)26-16-19-7-6-14-29-19/h8-11,19,26H,3-7,12-17H2,1-2H3,(H2,23,24,25). The number of nitrogens with zero attached hydrogens (tertiary/aromatic N) is 1. The van der Waals surface area contributed by atoms with E-state index in [0.29, 0.717) is 25.1 Å². The maximum absolute atomic E-state index is 12.5. The first-order valence-corrected chi connectivity index (χ1v) is 12.6. The molecule has 1 unspecified atom stereocenters. The van der Waals surface area contributed by atoms with E-state index in [1.165, 1.54) is 32.1 Å². The zero-order valence-corrected chi connectivity index (χ0v) is 19.1. The maximum Gasteiger partial charge on any atom is 0.240 e. The third-order valence-electron chi connectivity index (χ3n) is 6.49. The van der Waals surface area contributed by atoms with Gasteiger partial charge in [0.05, 0.1) is 11.0 Å².